The Kier molecular flexibility index (Phi) is 2.08. The molecule has 0 bridgehead atoms. The van der Waals surface area contributed by atoms with Crippen molar-refractivity contribution in [1.82, 2.24) is 0 Å². The zero-order chi connectivity index (χ0) is 9.26. The fraction of sp³-hybridized carbons (Fsp3) is 0.333. The number of ether oxygens (including phenoxy) is 3. The van der Waals surface area contributed by atoms with Gasteiger partial charge in [-0.25, -0.2) is 0 Å². The Bertz CT molecular complexity index is 314. The third kappa shape index (κ3) is 1.46. The van der Waals surface area contributed by atoms with E-state index in [0.29, 0.717) is 0 Å². The molecule has 1 aliphatic heterocycles. The van der Waals surface area contributed by atoms with Crippen LogP contribution in [0, 0.1) is 0 Å². The van der Waals surface area contributed by atoms with Gasteiger partial charge in [-0.3, -0.25) is 0 Å². The highest BCUT2D eigenvalue weighted by molar-refractivity contribution is 5.44. The maximum absolute atomic E-state index is 5.67. The van der Waals surface area contributed by atoms with Gasteiger partial charge in [0.2, 0.25) is 6.79 Å². The molecule has 1 aromatic rings. The molecule has 1 aromatic carbocycles. The second kappa shape index (κ2) is 3.24. The Morgan fingerprint density at radius 3 is 2.92 bits per heavy atom. The molecule has 70 valence electrons. The minimum Gasteiger partial charge on any atom is -0.454 e. The maximum atomic E-state index is 5.67. The number of hydrogen-bond donors (Lipinski definition) is 1. The Hall–Kier alpha value is -1.26. The van der Waals surface area contributed by atoms with E-state index in [-0.39, 0.29) is 6.79 Å². The van der Waals surface area contributed by atoms with Crippen molar-refractivity contribution >= 4 is 0 Å². The van der Waals surface area contributed by atoms with Crippen LogP contribution in [0.5, 0.6) is 11.5 Å². The van der Waals surface area contributed by atoms with Crippen LogP contribution in [0.2, 0.25) is 0 Å². The summed E-state index contributed by atoms with van der Waals surface area (Å²) in [7, 11) is 1.56. The van der Waals surface area contributed by atoms with E-state index in [0.717, 1.165) is 17.1 Å². The van der Waals surface area contributed by atoms with Crippen molar-refractivity contribution in [3.8, 4) is 11.5 Å². The Morgan fingerprint density at radius 1 is 1.38 bits per heavy atom. The van der Waals surface area contributed by atoms with Crippen molar-refractivity contribution in [3.05, 3.63) is 23.8 Å². The Morgan fingerprint density at radius 2 is 2.15 bits per heavy atom. The number of hydrogen-bond acceptors (Lipinski definition) is 4. The van der Waals surface area contributed by atoms with Gasteiger partial charge in [0.25, 0.3) is 0 Å². The van der Waals surface area contributed by atoms with Gasteiger partial charge in [-0.15, -0.1) is 0 Å². The minimum atomic E-state index is -0.408. The van der Waals surface area contributed by atoms with Crippen LogP contribution in [-0.4, -0.2) is 13.9 Å². The van der Waals surface area contributed by atoms with Gasteiger partial charge in [-0.05, 0) is 17.7 Å². The largest absolute Gasteiger partial charge is 0.454 e. The van der Waals surface area contributed by atoms with Crippen LogP contribution in [-0.2, 0) is 4.74 Å². The summed E-state index contributed by atoms with van der Waals surface area (Å²) < 4.78 is 15.3. The average molecular weight is 181 g/mol. The third-order valence-corrected chi connectivity index (χ3v) is 1.98. The summed E-state index contributed by atoms with van der Waals surface area (Å²) >= 11 is 0. The van der Waals surface area contributed by atoms with E-state index in [9.17, 15) is 0 Å². The molecule has 0 radical (unpaired) electrons. The third-order valence-electron chi connectivity index (χ3n) is 1.98. The number of rotatable bonds is 2. The molecule has 0 saturated carbocycles. The van der Waals surface area contributed by atoms with Crippen LogP contribution in [0.1, 0.15) is 11.8 Å². The molecule has 4 nitrogen and oxygen atoms in total. The summed E-state index contributed by atoms with van der Waals surface area (Å²) in [6.07, 6.45) is -0.408. The molecule has 0 aliphatic carbocycles. The van der Waals surface area contributed by atoms with Crippen LogP contribution in [0.3, 0.4) is 0 Å². The second-order valence-corrected chi connectivity index (χ2v) is 2.77. The molecule has 0 fully saturated rings. The van der Waals surface area contributed by atoms with Crippen LogP contribution in [0.4, 0.5) is 0 Å². The molecule has 4 heteroatoms. The number of benzene rings is 1. The summed E-state index contributed by atoms with van der Waals surface area (Å²) in [5.41, 5.74) is 6.55. The second-order valence-electron chi connectivity index (χ2n) is 2.77. The molecule has 1 unspecified atom stereocenters. The molecule has 1 aliphatic rings. The van der Waals surface area contributed by atoms with Gasteiger partial charge >= 0.3 is 0 Å². The first kappa shape index (κ1) is 8.34. The van der Waals surface area contributed by atoms with E-state index >= 15 is 0 Å². The SMILES string of the molecule is COC(N)c1ccc2c(c1)OCO2. The molecule has 0 spiro atoms. The first-order valence-electron chi connectivity index (χ1n) is 3.99. The van der Waals surface area contributed by atoms with Crippen LogP contribution in [0.15, 0.2) is 18.2 Å². The molecule has 2 rings (SSSR count). The van der Waals surface area contributed by atoms with Crippen molar-refractivity contribution in [2.45, 2.75) is 6.23 Å². The first-order valence-corrected chi connectivity index (χ1v) is 3.99. The fourth-order valence-electron chi connectivity index (χ4n) is 1.23. The molecule has 2 N–H and O–H groups in total. The van der Waals surface area contributed by atoms with Crippen LogP contribution >= 0.6 is 0 Å². The van der Waals surface area contributed by atoms with Gasteiger partial charge in [0.15, 0.2) is 11.5 Å². The Labute approximate surface area is 76.2 Å². The standard InChI is InChI=1S/C9H11NO3/c1-11-9(10)6-2-3-7-8(4-6)13-5-12-7/h2-4,9H,5,10H2,1H3. The summed E-state index contributed by atoms with van der Waals surface area (Å²) in [5, 5.41) is 0. The monoisotopic (exact) mass is 181 g/mol. The van der Waals surface area contributed by atoms with Crippen molar-refractivity contribution in [2.24, 2.45) is 5.73 Å². The quantitative estimate of drug-likeness (QED) is 0.692. The summed E-state index contributed by atoms with van der Waals surface area (Å²) in [5.74, 6) is 1.48. The molecule has 1 atom stereocenters. The van der Waals surface area contributed by atoms with E-state index < -0.39 is 6.23 Å². The van der Waals surface area contributed by atoms with Crippen molar-refractivity contribution < 1.29 is 14.2 Å². The van der Waals surface area contributed by atoms with Crippen LogP contribution in [0.25, 0.3) is 0 Å². The van der Waals surface area contributed by atoms with Crippen molar-refractivity contribution in [3.63, 3.8) is 0 Å². The number of nitrogens with two attached hydrogens (primary N) is 1. The highest BCUT2D eigenvalue weighted by Gasteiger charge is 2.15. The fourth-order valence-corrected chi connectivity index (χ4v) is 1.23. The maximum Gasteiger partial charge on any atom is 0.231 e. The molecule has 0 amide bonds. The van der Waals surface area contributed by atoms with Crippen molar-refractivity contribution in [1.29, 1.82) is 0 Å². The molecule has 1 heterocycles. The highest BCUT2D eigenvalue weighted by Crippen LogP contribution is 2.33. The lowest BCUT2D eigenvalue weighted by Gasteiger charge is -2.09. The summed E-state index contributed by atoms with van der Waals surface area (Å²) in [6.45, 7) is 0.279. The number of fused-ring (bicyclic) bond motifs is 1. The van der Waals surface area contributed by atoms with Gasteiger partial charge in [0, 0.05) is 7.11 Å². The molecular weight excluding hydrogens is 170 g/mol. The predicted octanol–water partition coefficient (Wildman–Crippen LogP) is 1.02. The highest BCUT2D eigenvalue weighted by atomic mass is 16.7. The minimum absolute atomic E-state index is 0.279. The van der Waals surface area contributed by atoms with Gasteiger partial charge in [-0.1, -0.05) is 6.07 Å². The number of methoxy groups -OCH3 is 1. The average Bonchev–Trinajstić information content (AvgIpc) is 2.63. The lowest BCUT2D eigenvalue weighted by Crippen LogP contribution is -2.11. The molecule has 0 saturated heterocycles. The normalized spacial score (nSPS) is 15.8. The predicted molar refractivity (Wildman–Crippen MR) is 46.5 cm³/mol. The Balaban J connectivity index is 2.30. The zero-order valence-corrected chi connectivity index (χ0v) is 7.32. The smallest absolute Gasteiger partial charge is 0.231 e. The lowest BCUT2D eigenvalue weighted by molar-refractivity contribution is 0.109. The van der Waals surface area contributed by atoms with Gasteiger partial charge < -0.3 is 19.9 Å². The lowest BCUT2D eigenvalue weighted by atomic mass is 10.2. The van der Waals surface area contributed by atoms with Crippen LogP contribution < -0.4 is 15.2 Å². The van der Waals surface area contributed by atoms with Gasteiger partial charge in [0.05, 0.1) is 0 Å². The van der Waals surface area contributed by atoms with Crippen molar-refractivity contribution in [2.75, 3.05) is 13.9 Å². The van der Waals surface area contributed by atoms with E-state index in [1.54, 1.807) is 7.11 Å². The molecule has 13 heavy (non-hydrogen) atoms. The van der Waals surface area contributed by atoms with E-state index in [1.807, 2.05) is 18.2 Å². The topological polar surface area (TPSA) is 53.7 Å². The molecule has 0 aromatic heterocycles. The zero-order valence-electron chi connectivity index (χ0n) is 7.32. The van der Waals surface area contributed by atoms with Gasteiger partial charge in [-0.2, -0.15) is 0 Å². The summed E-state index contributed by atoms with van der Waals surface area (Å²) in [6, 6.07) is 5.52. The van der Waals surface area contributed by atoms with E-state index in [1.165, 1.54) is 0 Å². The van der Waals surface area contributed by atoms with E-state index in [4.69, 9.17) is 19.9 Å². The first-order chi connectivity index (χ1) is 6.31. The van der Waals surface area contributed by atoms with Gasteiger partial charge in [0.1, 0.15) is 6.23 Å². The summed E-state index contributed by atoms with van der Waals surface area (Å²) in [4.78, 5) is 0. The van der Waals surface area contributed by atoms with E-state index in [2.05, 4.69) is 0 Å². The molecular formula is C9H11NO3.